The van der Waals surface area contributed by atoms with Gasteiger partial charge in [-0.2, -0.15) is 11.8 Å². The largest absolute Gasteiger partial charge is 0.396 e. The Kier molecular flexibility index (Phi) is 6.77. The number of thioether (sulfide) groups is 1. The number of halogens is 1. The second-order valence-corrected chi connectivity index (χ2v) is 5.02. The van der Waals surface area contributed by atoms with Crippen LogP contribution in [0.15, 0.2) is 12.1 Å². The monoisotopic (exact) mass is 291 g/mol. The summed E-state index contributed by atoms with van der Waals surface area (Å²) < 4.78 is 0. The molecule has 18 heavy (non-hydrogen) atoms. The molecule has 0 bridgehead atoms. The van der Waals surface area contributed by atoms with E-state index in [4.69, 9.17) is 16.7 Å². The molecule has 1 aromatic rings. The molecule has 0 aliphatic carbocycles. The van der Waals surface area contributed by atoms with Crippen molar-refractivity contribution in [1.29, 1.82) is 0 Å². The fourth-order valence-corrected chi connectivity index (χ4v) is 2.19. The number of aromatic nitrogens is 1. The molecule has 1 rings (SSSR count). The van der Waals surface area contributed by atoms with Crippen LogP contribution in [0.2, 0.25) is 5.15 Å². The summed E-state index contributed by atoms with van der Waals surface area (Å²) in [6.45, 7) is 0.836. The number of pyridine rings is 1. The van der Waals surface area contributed by atoms with E-state index in [9.17, 15) is 10.1 Å². The Morgan fingerprint density at radius 1 is 1.50 bits per heavy atom. The fraction of sp³-hybridized carbons (Fsp3) is 0.500. The SMILES string of the molecule is O=[N+]([O-])c1cc(Cl)nc(NCCSCCCO)c1. The molecule has 0 unspecified atom stereocenters. The number of nitrogens with one attached hydrogen (secondary N) is 1. The van der Waals surface area contributed by atoms with E-state index in [2.05, 4.69) is 10.3 Å². The van der Waals surface area contributed by atoms with Gasteiger partial charge in [0.2, 0.25) is 0 Å². The van der Waals surface area contributed by atoms with Crippen LogP contribution < -0.4 is 5.32 Å². The highest BCUT2D eigenvalue weighted by atomic mass is 35.5. The summed E-state index contributed by atoms with van der Waals surface area (Å²) in [5, 5.41) is 22.3. The minimum atomic E-state index is -0.505. The van der Waals surface area contributed by atoms with Crippen LogP contribution in [-0.2, 0) is 0 Å². The highest BCUT2D eigenvalue weighted by Crippen LogP contribution is 2.20. The molecule has 0 aromatic carbocycles. The Balaban J connectivity index is 2.40. The van der Waals surface area contributed by atoms with E-state index >= 15 is 0 Å². The molecule has 0 saturated heterocycles. The number of anilines is 1. The van der Waals surface area contributed by atoms with Gasteiger partial charge in [0, 0.05) is 18.9 Å². The van der Waals surface area contributed by atoms with Crippen molar-refractivity contribution >= 4 is 34.9 Å². The Bertz CT molecular complexity index is 406. The Hall–Kier alpha value is -1.05. The van der Waals surface area contributed by atoms with Crippen molar-refractivity contribution in [3.63, 3.8) is 0 Å². The van der Waals surface area contributed by atoms with Crippen molar-refractivity contribution in [2.75, 3.05) is 30.0 Å². The van der Waals surface area contributed by atoms with Gasteiger partial charge in [-0.15, -0.1) is 0 Å². The summed E-state index contributed by atoms with van der Waals surface area (Å²) in [5.41, 5.74) is -0.0783. The van der Waals surface area contributed by atoms with Crippen molar-refractivity contribution in [2.24, 2.45) is 0 Å². The third-order valence-corrected chi connectivity index (χ3v) is 3.25. The number of aliphatic hydroxyl groups is 1. The standard InChI is InChI=1S/C10H14ClN3O3S/c11-9-6-8(14(16)17)7-10(13-9)12-2-5-18-4-1-3-15/h6-7,15H,1-5H2,(H,12,13). The number of nitrogens with zero attached hydrogens (tertiary/aromatic N) is 2. The maximum absolute atomic E-state index is 10.6. The third-order valence-electron chi connectivity index (χ3n) is 1.99. The van der Waals surface area contributed by atoms with Crippen LogP contribution in [-0.4, -0.2) is 39.7 Å². The van der Waals surface area contributed by atoms with Crippen molar-refractivity contribution in [2.45, 2.75) is 6.42 Å². The number of aliphatic hydroxyl groups excluding tert-OH is 1. The second-order valence-electron chi connectivity index (χ2n) is 3.41. The van der Waals surface area contributed by atoms with Crippen molar-refractivity contribution in [1.82, 2.24) is 4.98 Å². The van der Waals surface area contributed by atoms with Gasteiger partial charge in [0.15, 0.2) is 0 Å². The van der Waals surface area contributed by atoms with Gasteiger partial charge < -0.3 is 10.4 Å². The molecule has 0 aliphatic rings. The van der Waals surface area contributed by atoms with Crippen LogP contribution in [0.1, 0.15) is 6.42 Å². The first-order chi connectivity index (χ1) is 8.63. The topological polar surface area (TPSA) is 88.3 Å². The zero-order chi connectivity index (χ0) is 13.4. The van der Waals surface area contributed by atoms with E-state index in [0.717, 1.165) is 17.9 Å². The Morgan fingerprint density at radius 3 is 2.94 bits per heavy atom. The molecular formula is C10H14ClN3O3S. The predicted octanol–water partition coefficient (Wildman–Crippen LogP) is 2.17. The summed E-state index contributed by atoms with van der Waals surface area (Å²) in [6.07, 6.45) is 0.769. The minimum absolute atomic E-state index is 0.0783. The lowest BCUT2D eigenvalue weighted by Crippen LogP contribution is -2.06. The lowest BCUT2D eigenvalue weighted by molar-refractivity contribution is -0.384. The summed E-state index contributed by atoms with van der Waals surface area (Å²) in [7, 11) is 0. The van der Waals surface area contributed by atoms with E-state index < -0.39 is 4.92 Å². The molecule has 1 heterocycles. The first kappa shape index (κ1) is 15.0. The molecule has 1 aromatic heterocycles. The van der Waals surface area contributed by atoms with Gasteiger partial charge in [-0.05, 0) is 12.2 Å². The van der Waals surface area contributed by atoms with Gasteiger partial charge in [0.1, 0.15) is 11.0 Å². The van der Waals surface area contributed by atoms with Crippen LogP contribution in [0.25, 0.3) is 0 Å². The minimum Gasteiger partial charge on any atom is -0.396 e. The van der Waals surface area contributed by atoms with Gasteiger partial charge in [0.25, 0.3) is 5.69 Å². The number of rotatable bonds is 8. The maximum Gasteiger partial charge on any atom is 0.276 e. The molecule has 0 aliphatic heterocycles. The molecule has 6 nitrogen and oxygen atoms in total. The van der Waals surface area contributed by atoms with Crippen LogP contribution in [0, 0.1) is 10.1 Å². The lowest BCUT2D eigenvalue weighted by Gasteiger charge is -2.05. The first-order valence-corrected chi connectivity index (χ1v) is 6.91. The van der Waals surface area contributed by atoms with E-state index in [1.165, 1.54) is 12.1 Å². The maximum atomic E-state index is 10.6. The second kappa shape index (κ2) is 8.12. The van der Waals surface area contributed by atoms with E-state index in [1.54, 1.807) is 11.8 Å². The normalized spacial score (nSPS) is 10.3. The van der Waals surface area contributed by atoms with E-state index in [1.807, 2.05) is 0 Å². The van der Waals surface area contributed by atoms with Crippen LogP contribution in [0.5, 0.6) is 0 Å². The van der Waals surface area contributed by atoms with Gasteiger partial charge >= 0.3 is 0 Å². The van der Waals surface area contributed by atoms with Crippen molar-refractivity contribution in [3.05, 3.63) is 27.4 Å². The summed E-state index contributed by atoms with van der Waals surface area (Å²) in [4.78, 5) is 14.1. The molecule has 100 valence electrons. The average molecular weight is 292 g/mol. The quantitative estimate of drug-likeness (QED) is 0.330. The van der Waals surface area contributed by atoms with E-state index in [-0.39, 0.29) is 17.4 Å². The highest BCUT2D eigenvalue weighted by molar-refractivity contribution is 7.99. The third kappa shape index (κ3) is 5.52. The molecule has 0 amide bonds. The number of nitro groups is 1. The van der Waals surface area contributed by atoms with Crippen LogP contribution >= 0.6 is 23.4 Å². The zero-order valence-corrected chi connectivity index (χ0v) is 11.2. The highest BCUT2D eigenvalue weighted by Gasteiger charge is 2.09. The molecule has 0 atom stereocenters. The Morgan fingerprint density at radius 2 is 2.28 bits per heavy atom. The van der Waals surface area contributed by atoms with Gasteiger partial charge in [0.05, 0.1) is 17.1 Å². The zero-order valence-electron chi connectivity index (χ0n) is 9.63. The molecule has 2 N–H and O–H groups in total. The Labute approximate surface area is 114 Å². The van der Waals surface area contributed by atoms with Crippen molar-refractivity contribution < 1.29 is 10.0 Å². The smallest absolute Gasteiger partial charge is 0.276 e. The fourth-order valence-electron chi connectivity index (χ4n) is 1.20. The average Bonchev–Trinajstić information content (AvgIpc) is 2.33. The molecular weight excluding hydrogens is 278 g/mol. The van der Waals surface area contributed by atoms with Gasteiger partial charge in [-0.1, -0.05) is 11.6 Å². The molecule has 8 heteroatoms. The molecule has 0 spiro atoms. The van der Waals surface area contributed by atoms with Gasteiger partial charge in [-0.3, -0.25) is 10.1 Å². The summed E-state index contributed by atoms with van der Waals surface area (Å²) in [5.74, 6) is 2.13. The molecule has 0 saturated carbocycles. The number of hydrogen-bond donors (Lipinski definition) is 2. The summed E-state index contributed by atoms with van der Waals surface area (Å²) >= 11 is 7.38. The number of hydrogen-bond acceptors (Lipinski definition) is 6. The predicted molar refractivity (Wildman–Crippen MR) is 73.4 cm³/mol. The molecule has 0 fully saturated rings. The van der Waals surface area contributed by atoms with Crippen LogP contribution in [0.4, 0.5) is 11.5 Å². The van der Waals surface area contributed by atoms with Crippen molar-refractivity contribution in [3.8, 4) is 0 Å². The first-order valence-electron chi connectivity index (χ1n) is 5.38. The van der Waals surface area contributed by atoms with Gasteiger partial charge in [-0.25, -0.2) is 4.98 Å². The molecule has 0 radical (unpaired) electrons. The van der Waals surface area contributed by atoms with Crippen LogP contribution in [0.3, 0.4) is 0 Å². The van der Waals surface area contributed by atoms with E-state index in [0.29, 0.717) is 12.4 Å². The summed E-state index contributed by atoms with van der Waals surface area (Å²) in [6, 6.07) is 2.56. The lowest BCUT2D eigenvalue weighted by atomic mass is 10.4.